The van der Waals surface area contributed by atoms with E-state index in [9.17, 15) is 4.79 Å². The molecule has 6 heteroatoms. The minimum Gasteiger partial charge on any atom is -0.379 e. The summed E-state index contributed by atoms with van der Waals surface area (Å²) in [6.45, 7) is 1.23. The summed E-state index contributed by atoms with van der Waals surface area (Å²) in [6, 6.07) is 8.09. The van der Waals surface area contributed by atoms with Crippen LogP contribution < -0.4 is 5.73 Å². The molecule has 0 saturated heterocycles. The van der Waals surface area contributed by atoms with Gasteiger partial charge in [-0.3, -0.25) is 4.79 Å². The van der Waals surface area contributed by atoms with Crippen molar-refractivity contribution >= 4 is 11.7 Å². The van der Waals surface area contributed by atoms with Crippen molar-refractivity contribution in [3.8, 4) is 0 Å². The van der Waals surface area contributed by atoms with Crippen molar-refractivity contribution in [3.05, 3.63) is 41.1 Å². The Bertz CT molecular complexity index is 593. The molecule has 0 radical (unpaired) electrons. The summed E-state index contributed by atoms with van der Waals surface area (Å²) in [7, 11) is 0. The number of fused-ring (bicyclic) bond motifs is 1. The van der Waals surface area contributed by atoms with Gasteiger partial charge in [0, 0.05) is 13.1 Å². The molecule has 0 unspecified atom stereocenters. The number of carbonyl (C=O) groups excluding carboxylic acids is 1. The molecule has 0 aliphatic carbocycles. The minimum atomic E-state index is -0.233. The molecular weight excluding hydrogens is 232 g/mol. The number of hydrogen-bond acceptors (Lipinski definition) is 5. The fourth-order valence-electron chi connectivity index (χ4n) is 2.16. The van der Waals surface area contributed by atoms with Crippen LogP contribution in [0.25, 0.3) is 0 Å². The highest BCUT2D eigenvalue weighted by molar-refractivity contribution is 5.96. The van der Waals surface area contributed by atoms with Crippen LogP contribution in [0, 0.1) is 0 Å². The van der Waals surface area contributed by atoms with Crippen molar-refractivity contribution in [2.75, 3.05) is 12.3 Å². The first kappa shape index (κ1) is 10.8. The van der Waals surface area contributed by atoms with Crippen LogP contribution in [0.2, 0.25) is 0 Å². The maximum atomic E-state index is 12.2. The van der Waals surface area contributed by atoms with Crippen molar-refractivity contribution in [1.82, 2.24) is 15.2 Å². The third kappa shape index (κ3) is 1.71. The molecule has 1 amide bonds. The van der Waals surface area contributed by atoms with E-state index in [1.54, 1.807) is 4.90 Å². The molecule has 2 heterocycles. The van der Waals surface area contributed by atoms with Gasteiger partial charge in [0.2, 0.25) is 11.5 Å². The third-order valence-electron chi connectivity index (χ3n) is 3.13. The van der Waals surface area contributed by atoms with Crippen LogP contribution in [0.1, 0.15) is 21.6 Å². The number of aromatic nitrogens is 2. The number of nitrogen functional groups attached to an aromatic ring is 1. The Labute approximate surface area is 103 Å². The highest BCUT2D eigenvalue weighted by Gasteiger charge is 2.25. The number of nitrogens with two attached hydrogens (primary N) is 1. The van der Waals surface area contributed by atoms with Gasteiger partial charge in [-0.2, -0.15) is 0 Å². The van der Waals surface area contributed by atoms with E-state index in [1.165, 1.54) is 5.56 Å². The number of carbonyl (C=O) groups is 1. The highest BCUT2D eigenvalue weighted by Crippen LogP contribution is 2.20. The summed E-state index contributed by atoms with van der Waals surface area (Å²) >= 11 is 0. The van der Waals surface area contributed by atoms with E-state index >= 15 is 0 Å². The lowest BCUT2D eigenvalue weighted by atomic mass is 10.00. The molecule has 0 atom stereocenters. The van der Waals surface area contributed by atoms with E-state index in [-0.39, 0.29) is 17.4 Å². The lowest BCUT2D eigenvalue weighted by Crippen LogP contribution is -2.36. The number of rotatable bonds is 1. The second-order valence-electron chi connectivity index (χ2n) is 4.24. The average Bonchev–Trinajstić information content (AvgIpc) is 2.83. The Morgan fingerprint density at radius 3 is 2.78 bits per heavy atom. The fraction of sp³-hybridized carbons (Fsp3) is 0.250. The van der Waals surface area contributed by atoms with Gasteiger partial charge in [-0.15, -0.1) is 0 Å². The third-order valence-corrected chi connectivity index (χ3v) is 3.13. The largest absolute Gasteiger partial charge is 0.379 e. The lowest BCUT2D eigenvalue weighted by molar-refractivity contribution is 0.0724. The van der Waals surface area contributed by atoms with Crippen LogP contribution in [0.4, 0.5) is 5.82 Å². The summed E-state index contributed by atoms with van der Waals surface area (Å²) in [6.07, 6.45) is 0.840. The summed E-state index contributed by atoms with van der Waals surface area (Å²) in [5, 5.41) is 6.97. The quantitative estimate of drug-likeness (QED) is 0.803. The first-order valence-corrected chi connectivity index (χ1v) is 5.70. The van der Waals surface area contributed by atoms with Gasteiger partial charge >= 0.3 is 0 Å². The smallest absolute Gasteiger partial charge is 0.280 e. The SMILES string of the molecule is Nc1nonc1C(=O)N1CCc2ccccc2C1. The van der Waals surface area contributed by atoms with Crippen molar-refractivity contribution in [2.45, 2.75) is 13.0 Å². The molecule has 1 aromatic carbocycles. The first-order valence-electron chi connectivity index (χ1n) is 5.70. The Kier molecular flexibility index (Phi) is 2.47. The molecule has 6 nitrogen and oxygen atoms in total. The monoisotopic (exact) mass is 244 g/mol. The van der Waals surface area contributed by atoms with E-state index in [4.69, 9.17) is 5.73 Å². The van der Waals surface area contributed by atoms with Crippen LogP contribution in [-0.4, -0.2) is 27.7 Å². The Hall–Kier alpha value is -2.37. The summed E-state index contributed by atoms with van der Waals surface area (Å²) in [5.74, 6) is -0.192. The van der Waals surface area contributed by atoms with E-state index in [0.717, 1.165) is 12.0 Å². The van der Waals surface area contributed by atoms with Gasteiger partial charge < -0.3 is 10.6 Å². The molecule has 2 aromatic rings. The van der Waals surface area contributed by atoms with Crippen LogP contribution in [0.3, 0.4) is 0 Å². The zero-order valence-corrected chi connectivity index (χ0v) is 9.67. The fourth-order valence-corrected chi connectivity index (χ4v) is 2.16. The van der Waals surface area contributed by atoms with Gasteiger partial charge in [0.1, 0.15) is 0 Å². The second kappa shape index (κ2) is 4.14. The predicted molar refractivity (Wildman–Crippen MR) is 63.6 cm³/mol. The van der Waals surface area contributed by atoms with Crippen molar-refractivity contribution in [2.24, 2.45) is 0 Å². The first-order chi connectivity index (χ1) is 8.75. The highest BCUT2D eigenvalue weighted by atomic mass is 16.6. The van der Waals surface area contributed by atoms with Crippen LogP contribution >= 0.6 is 0 Å². The van der Waals surface area contributed by atoms with E-state index < -0.39 is 0 Å². The Morgan fingerprint density at radius 1 is 1.28 bits per heavy atom. The molecule has 1 aliphatic heterocycles. The zero-order valence-electron chi connectivity index (χ0n) is 9.67. The summed E-state index contributed by atoms with van der Waals surface area (Å²) in [5.41, 5.74) is 8.06. The standard InChI is InChI=1S/C12H12N4O2/c13-11-10(14-18-15-11)12(17)16-6-5-8-3-1-2-4-9(8)7-16/h1-4H,5-7H2,(H2,13,15). The van der Waals surface area contributed by atoms with E-state index in [2.05, 4.69) is 21.0 Å². The minimum absolute atomic E-state index is 0.0406. The Balaban J connectivity index is 1.84. The molecule has 18 heavy (non-hydrogen) atoms. The predicted octanol–water partition coefficient (Wildman–Crippen LogP) is 0.850. The van der Waals surface area contributed by atoms with Crippen molar-refractivity contribution in [1.29, 1.82) is 0 Å². The molecule has 3 rings (SSSR count). The normalized spacial score (nSPS) is 14.3. The number of hydrogen-bond donors (Lipinski definition) is 1. The van der Waals surface area contributed by atoms with Gasteiger partial charge in [0.15, 0.2) is 0 Å². The number of benzene rings is 1. The topological polar surface area (TPSA) is 85.2 Å². The molecule has 0 bridgehead atoms. The second-order valence-corrected chi connectivity index (χ2v) is 4.24. The molecule has 1 aromatic heterocycles. The molecule has 0 spiro atoms. The van der Waals surface area contributed by atoms with E-state index in [0.29, 0.717) is 13.1 Å². The number of anilines is 1. The maximum Gasteiger partial charge on any atom is 0.280 e. The van der Waals surface area contributed by atoms with E-state index in [1.807, 2.05) is 18.2 Å². The van der Waals surface area contributed by atoms with Gasteiger partial charge in [-0.25, -0.2) is 4.63 Å². The van der Waals surface area contributed by atoms with Gasteiger partial charge in [-0.1, -0.05) is 24.3 Å². The molecular formula is C12H12N4O2. The lowest BCUT2D eigenvalue weighted by Gasteiger charge is -2.28. The molecule has 1 aliphatic rings. The summed E-state index contributed by atoms with van der Waals surface area (Å²) in [4.78, 5) is 13.9. The van der Waals surface area contributed by atoms with Crippen molar-refractivity contribution < 1.29 is 9.42 Å². The average molecular weight is 244 g/mol. The Morgan fingerprint density at radius 2 is 2.06 bits per heavy atom. The van der Waals surface area contributed by atoms with Gasteiger partial charge in [0.25, 0.3) is 5.91 Å². The van der Waals surface area contributed by atoms with Gasteiger partial charge in [-0.05, 0) is 27.9 Å². The maximum absolute atomic E-state index is 12.2. The molecule has 2 N–H and O–H groups in total. The van der Waals surface area contributed by atoms with Crippen molar-refractivity contribution in [3.63, 3.8) is 0 Å². The van der Waals surface area contributed by atoms with Crippen LogP contribution in [0.5, 0.6) is 0 Å². The molecule has 92 valence electrons. The zero-order chi connectivity index (χ0) is 12.5. The summed E-state index contributed by atoms with van der Waals surface area (Å²) < 4.78 is 4.45. The van der Waals surface area contributed by atoms with Gasteiger partial charge in [0.05, 0.1) is 0 Å². The molecule has 0 fully saturated rings. The van der Waals surface area contributed by atoms with Crippen LogP contribution in [-0.2, 0) is 13.0 Å². The number of amides is 1. The number of nitrogens with zero attached hydrogens (tertiary/aromatic N) is 3. The molecule has 0 saturated carbocycles. The van der Waals surface area contributed by atoms with Crippen LogP contribution in [0.15, 0.2) is 28.9 Å².